The highest BCUT2D eigenvalue weighted by molar-refractivity contribution is 5.73. The summed E-state index contributed by atoms with van der Waals surface area (Å²) in [5, 5.41) is 8.95. The lowest BCUT2D eigenvalue weighted by Gasteiger charge is -2.18. The second-order valence-corrected chi connectivity index (χ2v) is 5.05. The van der Waals surface area contributed by atoms with Crippen molar-refractivity contribution >= 4 is 5.97 Å². The molecule has 0 aliphatic carbocycles. The number of carboxylic acids is 1. The zero-order valence-electron chi connectivity index (χ0n) is 11.0. The normalized spacial score (nSPS) is 11.3. The highest BCUT2D eigenvalue weighted by Gasteiger charge is 2.26. The molecule has 0 aliphatic rings. The summed E-state index contributed by atoms with van der Waals surface area (Å²) in [5.74, 6) is -0.447. The van der Waals surface area contributed by atoms with Gasteiger partial charge in [0.25, 0.3) is 0 Å². The molecule has 18 heavy (non-hydrogen) atoms. The van der Waals surface area contributed by atoms with Crippen LogP contribution < -0.4 is 4.74 Å². The lowest BCUT2D eigenvalue weighted by molar-refractivity contribution is -0.147. The third-order valence-corrected chi connectivity index (χ3v) is 2.92. The number of aliphatic carboxylic acids is 1. The Morgan fingerprint density at radius 1 is 1.44 bits per heavy atom. The van der Waals surface area contributed by atoms with Crippen molar-refractivity contribution in [2.45, 2.75) is 33.6 Å². The van der Waals surface area contributed by atoms with E-state index in [2.05, 4.69) is 0 Å². The van der Waals surface area contributed by atoms with E-state index in [1.807, 2.05) is 0 Å². The summed E-state index contributed by atoms with van der Waals surface area (Å²) in [6, 6.07) is 4.35. The summed E-state index contributed by atoms with van der Waals surface area (Å²) >= 11 is 0. The largest absolute Gasteiger partial charge is 0.493 e. The zero-order chi connectivity index (χ0) is 13.8. The van der Waals surface area contributed by atoms with Crippen molar-refractivity contribution in [2.24, 2.45) is 5.41 Å². The Hall–Kier alpha value is -1.58. The molecule has 0 unspecified atom stereocenters. The number of halogens is 1. The molecule has 0 aromatic heterocycles. The summed E-state index contributed by atoms with van der Waals surface area (Å²) in [5.41, 5.74) is 0.00813. The van der Waals surface area contributed by atoms with Gasteiger partial charge in [0.2, 0.25) is 0 Å². The molecule has 1 aromatic rings. The molecule has 1 aromatic carbocycles. The summed E-state index contributed by atoms with van der Waals surface area (Å²) in [7, 11) is 0. The van der Waals surface area contributed by atoms with Crippen molar-refractivity contribution in [3.63, 3.8) is 0 Å². The number of carboxylic acid groups (broad SMARTS) is 1. The van der Waals surface area contributed by atoms with Gasteiger partial charge in [-0.25, -0.2) is 4.39 Å². The van der Waals surface area contributed by atoms with Gasteiger partial charge in [-0.15, -0.1) is 0 Å². The van der Waals surface area contributed by atoms with Crippen LogP contribution in [0.5, 0.6) is 5.75 Å². The molecule has 4 heteroatoms. The van der Waals surface area contributed by atoms with E-state index in [9.17, 15) is 9.18 Å². The predicted octanol–water partition coefficient (Wildman–Crippen LogP) is 3.40. The minimum absolute atomic E-state index is 0.285. The molecule has 1 N–H and O–H groups in total. The molecule has 1 rings (SSSR count). The van der Waals surface area contributed by atoms with Crippen LogP contribution in [-0.2, 0) is 4.79 Å². The van der Waals surface area contributed by atoms with Gasteiger partial charge in [-0.3, -0.25) is 4.79 Å². The van der Waals surface area contributed by atoms with Crippen LogP contribution >= 0.6 is 0 Å². The number of aryl methyl sites for hydroxylation is 1. The Kier molecular flexibility index (Phi) is 4.70. The molecule has 0 bridgehead atoms. The molecule has 100 valence electrons. The van der Waals surface area contributed by atoms with Crippen LogP contribution in [0.4, 0.5) is 4.39 Å². The Bertz CT molecular complexity index is 427. The second kappa shape index (κ2) is 5.85. The van der Waals surface area contributed by atoms with Gasteiger partial charge in [-0.1, -0.05) is 0 Å². The molecule has 0 radical (unpaired) electrons. The van der Waals surface area contributed by atoms with Crippen LogP contribution in [0.2, 0.25) is 0 Å². The Morgan fingerprint density at radius 3 is 2.67 bits per heavy atom. The van der Waals surface area contributed by atoms with Crippen LogP contribution in [0, 0.1) is 18.2 Å². The lowest BCUT2D eigenvalue weighted by atomic mass is 9.88. The van der Waals surface area contributed by atoms with Crippen LogP contribution in [0.3, 0.4) is 0 Å². The molecule has 0 saturated carbocycles. The molecular weight excluding hydrogens is 235 g/mol. The zero-order valence-corrected chi connectivity index (χ0v) is 11.0. The average molecular weight is 254 g/mol. The van der Waals surface area contributed by atoms with Gasteiger partial charge in [0, 0.05) is 0 Å². The molecule has 0 aliphatic heterocycles. The SMILES string of the molecule is Cc1cc(F)ccc1OCCCC(C)(C)C(=O)O. The van der Waals surface area contributed by atoms with Crippen molar-refractivity contribution in [2.75, 3.05) is 6.61 Å². The monoisotopic (exact) mass is 254 g/mol. The number of rotatable bonds is 6. The number of hydrogen-bond acceptors (Lipinski definition) is 2. The first-order valence-electron chi connectivity index (χ1n) is 5.95. The first-order chi connectivity index (χ1) is 8.33. The summed E-state index contributed by atoms with van der Waals surface area (Å²) < 4.78 is 18.4. The van der Waals surface area contributed by atoms with Gasteiger partial charge in [0.05, 0.1) is 12.0 Å². The first-order valence-corrected chi connectivity index (χ1v) is 5.95. The molecule has 0 saturated heterocycles. The van der Waals surface area contributed by atoms with Crippen LogP contribution in [0.15, 0.2) is 18.2 Å². The van der Waals surface area contributed by atoms with Gasteiger partial charge >= 0.3 is 5.97 Å². The van der Waals surface area contributed by atoms with Gasteiger partial charge in [-0.2, -0.15) is 0 Å². The van der Waals surface area contributed by atoms with Gasteiger partial charge in [-0.05, 0) is 57.4 Å². The molecule has 0 fully saturated rings. The molecular formula is C14H19FO3. The number of hydrogen-bond donors (Lipinski definition) is 1. The topological polar surface area (TPSA) is 46.5 Å². The Morgan fingerprint density at radius 2 is 2.11 bits per heavy atom. The van der Waals surface area contributed by atoms with E-state index in [-0.39, 0.29) is 5.82 Å². The van der Waals surface area contributed by atoms with E-state index in [4.69, 9.17) is 9.84 Å². The van der Waals surface area contributed by atoms with E-state index in [0.717, 1.165) is 5.56 Å². The van der Waals surface area contributed by atoms with E-state index >= 15 is 0 Å². The Balaban J connectivity index is 2.41. The van der Waals surface area contributed by atoms with Gasteiger partial charge in [0.1, 0.15) is 11.6 Å². The standard InChI is InChI=1S/C14H19FO3/c1-10-9-11(15)5-6-12(10)18-8-4-7-14(2,3)13(16)17/h5-6,9H,4,7-8H2,1-3H3,(H,16,17). The maximum absolute atomic E-state index is 12.9. The minimum Gasteiger partial charge on any atom is -0.493 e. The van der Waals surface area contributed by atoms with Crippen LogP contribution in [0.1, 0.15) is 32.3 Å². The predicted molar refractivity (Wildman–Crippen MR) is 67.3 cm³/mol. The van der Waals surface area contributed by atoms with Gasteiger partial charge in [0.15, 0.2) is 0 Å². The molecule has 0 amide bonds. The smallest absolute Gasteiger partial charge is 0.309 e. The highest BCUT2D eigenvalue weighted by Crippen LogP contribution is 2.23. The fraction of sp³-hybridized carbons (Fsp3) is 0.500. The summed E-state index contributed by atoms with van der Waals surface area (Å²) in [6.45, 7) is 5.60. The van der Waals surface area contributed by atoms with Gasteiger partial charge < -0.3 is 9.84 Å². The second-order valence-electron chi connectivity index (χ2n) is 5.05. The third-order valence-electron chi connectivity index (χ3n) is 2.92. The number of benzene rings is 1. The molecule has 0 spiro atoms. The molecule has 3 nitrogen and oxygen atoms in total. The fourth-order valence-corrected chi connectivity index (χ4v) is 1.58. The van der Waals surface area contributed by atoms with Crippen molar-refractivity contribution in [1.82, 2.24) is 0 Å². The van der Waals surface area contributed by atoms with E-state index in [0.29, 0.717) is 25.2 Å². The van der Waals surface area contributed by atoms with E-state index in [1.165, 1.54) is 12.1 Å². The van der Waals surface area contributed by atoms with Crippen molar-refractivity contribution in [3.05, 3.63) is 29.6 Å². The van der Waals surface area contributed by atoms with Crippen molar-refractivity contribution in [1.29, 1.82) is 0 Å². The van der Waals surface area contributed by atoms with Crippen molar-refractivity contribution < 1.29 is 19.0 Å². The summed E-state index contributed by atoms with van der Waals surface area (Å²) in [4.78, 5) is 10.9. The quantitative estimate of drug-likeness (QED) is 0.791. The highest BCUT2D eigenvalue weighted by atomic mass is 19.1. The maximum Gasteiger partial charge on any atom is 0.309 e. The maximum atomic E-state index is 12.9. The third kappa shape index (κ3) is 4.02. The van der Waals surface area contributed by atoms with E-state index < -0.39 is 11.4 Å². The fourth-order valence-electron chi connectivity index (χ4n) is 1.58. The van der Waals surface area contributed by atoms with Crippen molar-refractivity contribution in [3.8, 4) is 5.75 Å². The molecule has 0 heterocycles. The summed E-state index contributed by atoms with van der Waals surface area (Å²) in [6.07, 6.45) is 1.19. The first kappa shape index (κ1) is 14.5. The number of carbonyl (C=O) groups is 1. The molecule has 0 atom stereocenters. The minimum atomic E-state index is -0.805. The lowest BCUT2D eigenvalue weighted by Crippen LogP contribution is -2.24. The van der Waals surface area contributed by atoms with Crippen LogP contribution in [-0.4, -0.2) is 17.7 Å². The Labute approximate surface area is 107 Å². The van der Waals surface area contributed by atoms with Crippen LogP contribution in [0.25, 0.3) is 0 Å². The number of ether oxygens (including phenoxy) is 1. The average Bonchev–Trinajstić information content (AvgIpc) is 2.26. The van der Waals surface area contributed by atoms with E-state index in [1.54, 1.807) is 26.8 Å².